The highest BCUT2D eigenvalue weighted by Crippen LogP contribution is 2.28. The van der Waals surface area contributed by atoms with Gasteiger partial charge in [0.25, 0.3) is 5.91 Å². The Kier molecular flexibility index (Phi) is 3.18. The lowest BCUT2D eigenvalue weighted by Gasteiger charge is -2.36. The van der Waals surface area contributed by atoms with Gasteiger partial charge < -0.3 is 9.64 Å². The van der Waals surface area contributed by atoms with E-state index in [2.05, 4.69) is 17.0 Å². The summed E-state index contributed by atoms with van der Waals surface area (Å²) in [5, 5.41) is 4.39. The molecule has 0 radical (unpaired) electrons. The first-order valence-electron chi connectivity index (χ1n) is 7.63. The van der Waals surface area contributed by atoms with Crippen LogP contribution in [0.1, 0.15) is 35.0 Å². The number of benzene rings is 1. The van der Waals surface area contributed by atoms with Crippen LogP contribution in [-0.2, 0) is 11.3 Å². The number of nitrogens with zero attached hydrogens (tertiary/aromatic N) is 4. The van der Waals surface area contributed by atoms with Crippen molar-refractivity contribution in [1.82, 2.24) is 19.7 Å². The minimum atomic E-state index is -0.251. The van der Waals surface area contributed by atoms with Crippen LogP contribution in [0.15, 0.2) is 30.3 Å². The van der Waals surface area contributed by atoms with Gasteiger partial charge in [-0.15, -0.1) is 5.10 Å². The quantitative estimate of drug-likeness (QED) is 0.843. The Morgan fingerprint density at radius 1 is 1.27 bits per heavy atom. The fourth-order valence-electron chi connectivity index (χ4n) is 3.01. The standard InChI is InChI=1S/C16H18N4O2/c1-11-9-19(10-11)16(21)14-17-15-13(12-5-3-2-4-6-12)22-8-7-20(15)18-14/h2-6,11,13H,7-10H2,1H3. The highest BCUT2D eigenvalue weighted by atomic mass is 16.5. The summed E-state index contributed by atoms with van der Waals surface area (Å²) in [7, 11) is 0. The number of carbonyl (C=O) groups is 1. The second-order valence-corrected chi connectivity index (χ2v) is 5.99. The molecule has 3 heterocycles. The number of aromatic nitrogens is 3. The number of likely N-dealkylation sites (tertiary alicyclic amines) is 1. The minimum absolute atomic E-state index is 0.0770. The van der Waals surface area contributed by atoms with E-state index in [0.717, 1.165) is 24.5 Å². The van der Waals surface area contributed by atoms with E-state index >= 15 is 0 Å². The Labute approximate surface area is 128 Å². The van der Waals surface area contributed by atoms with Crippen LogP contribution in [0, 0.1) is 5.92 Å². The molecule has 0 saturated carbocycles. The summed E-state index contributed by atoms with van der Waals surface area (Å²) in [6, 6.07) is 9.93. The van der Waals surface area contributed by atoms with Gasteiger partial charge in [0, 0.05) is 13.1 Å². The van der Waals surface area contributed by atoms with Gasteiger partial charge in [-0.3, -0.25) is 4.79 Å². The predicted molar refractivity (Wildman–Crippen MR) is 79.3 cm³/mol. The Morgan fingerprint density at radius 3 is 2.77 bits per heavy atom. The maximum absolute atomic E-state index is 12.4. The summed E-state index contributed by atoms with van der Waals surface area (Å²) in [6.07, 6.45) is -0.251. The molecular weight excluding hydrogens is 280 g/mol. The molecule has 6 nitrogen and oxygen atoms in total. The number of hydrogen-bond acceptors (Lipinski definition) is 4. The lowest BCUT2D eigenvalue weighted by Crippen LogP contribution is -2.49. The van der Waals surface area contributed by atoms with Gasteiger partial charge in [-0.2, -0.15) is 0 Å². The third-order valence-corrected chi connectivity index (χ3v) is 4.17. The van der Waals surface area contributed by atoms with Crippen molar-refractivity contribution in [3.05, 3.63) is 47.5 Å². The van der Waals surface area contributed by atoms with Gasteiger partial charge in [-0.25, -0.2) is 9.67 Å². The van der Waals surface area contributed by atoms with Gasteiger partial charge in [0.15, 0.2) is 5.82 Å². The van der Waals surface area contributed by atoms with Gasteiger partial charge in [0.05, 0.1) is 13.2 Å². The highest BCUT2D eigenvalue weighted by Gasteiger charge is 2.33. The molecule has 0 spiro atoms. The highest BCUT2D eigenvalue weighted by molar-refractivity contribution is 5.91. The summed E-state index contributed by atoms with van der Waals surface area (Å²) >= 11 is 0. The summed E-state index contributed by atoms with van der Waals surface area (Å²) < 4.78 is 7.66. The van der Waals surface area contributed by atoms with E-state index in [1.54, 1.807) is 9.58 Å². The molecule has 1 amide bonds. The molecule has 2 aliphatic heterocycles. The summed E-state index contributed by atoms with van der Waals surface area (Å²) in [4.78, 5) is 18.6. The predicted octanol–water partition coefficient (Wildman–Crippen LogP) is 1.49. The van der Waals surface area contributed by atoms with Crippen molar-refractivity contribution >= 4 is 5.91 Å². The second-order valence-electron chi connectivity index (χ2n) is 5.99. The van der Waals surface area contributed by atoms with E-state index in [1.807, 2.05) is 30.3 Å². The SMILES string of the molecule is CC1CN(C(=O)c2nc3n(n2)CCOC3c2ccccc2)C1. The van der Waals surface area contributed by atoms with Gasteiger partial charge in [0.1, 0.15) is 6.10 Å². The van der Waals surface area contributed by atoms with E-state index in [9.17, 15) is 4.79 Å². The molecule has 4 rings (SSSR count). The van der Waals surface area contributed by atoms with Crippen molar-refractivity contribution in [1.29, 1.82) is 0 Å². The smallest absolute Gasteiger partial charge is 0.293 e. The van der Waals surface area contributed by atoms with Gasteiger partial charge in [-0.05, 0) is 11.5 Å². The molecule has 1 atom stereocenters. The van der Waals surface area contributed by atoms with Crippen molar-refractivity contribution in [2.45, 2.75) is 19.6 Å². The number of rotatable bonds is 2. The van der Waals surface area contributed by atoms with Crippen molar-refractivity contribution < 1.29 is 9.53 Å². The van der Waals surface area contributed by atoms with Crippen LogP contribution in [0.5, 0.6) is 0 Å². The van der Waals surface area contributed by atoms with Crippen molar-refractivity contribution in [3.63, 3.8) is 0 Å². The van der Waals surface area contributed by atoms with Crippen LogP contribution >= 0.6 is 0 Å². The van der Waals surface area contributed by atoms with Crippen molar-refractivity contribution in [3.8, 4) is 0 Å². The molecule has 22 heavy (non-hydrogen) atoms. The Morgan fingerprint density at radius 2 is 2.05 bits per heavy atom. The summed E-state index contributed by atoms with van der Waals surface area (Å²) in [5.74, 6) is 1.50. The van der Waals surface area contributed by atoms with Crippen LogP contribution in [0.3, 0.4) is 0 Å². The van der Waals surface area contributed by atoms with Crippen LogP contribution in [0.2, 0.25) is 0 Å². The molecule has 114 valence electrons. The van der Waals surface area contributed by atoms with Gasteiger partial charge >= 0.3 is 0 Å². The fourth-order valence-corrected chi connectivity index (χ4v) is 3.01. The first-order chi connectivity index (χ1) is 10.7. The zero-order chi connectivity index (χ0) is 15.1. The Bertz CT molecular complexity index is 691. The molecule has 0 N–H and O–H groups in total. The summed E-state index contributed by atoms with van der Waals surface area (Å²) in [6.45, 7) is 4.93. The first kappa shape index (κ1) is 13.5. The Balaban J connectivity index is 1.64. The molecule has 1 unspecified atom stereocenters. The molecule has 1 aromatic heterocycles. The van der Waals surface area contributed by atoms with Crippen LogP contribution in [-0.4, -0.2) is 45.3 Å². The first-order valence-corrected chi connectivity index (χ1v) is 7.63. The number of fused-ring (bicyclic) bond motifs is 1. The normalized spacial score (nSPS) is 21.3. The van der Waals surface area contributed by atoms with E-state index in [4.69, 9.17) is 4.74 Å². The molecule has 1 fully saturated rings. The number of hydrogen-bond donors (Lipinski definition) is 0. The summed E-state index contributed by atoms with van der Waals surface area (Å²) in [5.41, 5.74) is 1.03. The zero-order valence-electron chi connectivity index (χ0n) is 12.5. The molecule has 2 aliphatic rings. The monoisotopic (exact) mass is 298 g/mol. The second kappa shape index (κ2) is 5.21. The molecule has 0 bridgehead atoms. The van der Waals surface area contributed by atoms with E-state index in [1.165, 1.54) is 0 Å². The van der Waals surface area contributed by atoms with Crippen LogP contribution < -0.4 is 0 Å². The fraction of sp³-hybridized carbons (Fsp3) is 0.438. The van der Waals surface area contributed by atoms with E-state index < -0.39 is 0 Å². The lowest BCUT2D eigenvalue weighted by molar-refractivity contribution is 0.0389. The van der Waals surface area contributed by atoms with Gasteiger partial charge in [0.2, 0.25) is 5.82 Å². The minimum Gasteiger partial charge on any atom is -0.364 e. The average Bonchev–Trinajstić information content (AvgIpc) is 2.96. The maximum Gasteiger partial charge on any atom is 0.293 e. The third-order valence-electron chi connectivity index (χ3n) is 4.17. The number of ether oxygens (including phenoxy) is 1. The average molecular weight is 298 g/mol. The number of amides is 1. The van der Waals surface area contributed by atoms with Crippen molar-refractivity contribution in [2.75, 3.05) is 19.7 Å². The molecule has 1 aromatic carbocycles. The molecule has 0 aliphatic carbocycles. The van der Waals surface area contributed by atoms with Gasteiger partial charge in [-0.1, -0.05) is 37.3 Å². The van der Waals surface area contributed by atoms with E-state index in [0.29, 0.717) is 19.1 Å². The largest absolute Gasteiger partial charge is 0.364 e. The van der Waals surface area contributed by atoms with Crippen LogP contribution in [0.25, 0.3) is 0 Å². The Hall–Kier alpha value is -2.21. The lowest BCUT2D eigenvalue weighted by atomic mass is 10.0. The van der Waals surface area contributed by atoms with E-state index in [-0.39, 0.29) is 17.8 Å². The van der Waals surface area contributed by atoms with Crippen molar-refractivity contribution in [2.24, 2.45) is 5.92 Å². The zero-order valence-corrected chi connectivity index (χ0v) is 12.5. The maximum atomic E-state index is 12.4. The molecule has 1 saturated heterocycles. The molecular formula is C16H18N4O2. The third kappa shape index (κ3) is 2.20. The van der Waals surface area contributed by atoms with Crippen LogP contribution in [0.4, 0.5) is 0 Å². The number of carbonyl (C=O) groups excluding carboxylic acids is 1. The topological polar surface area (TPSA) is 60.2 Å². The molecule has 6 heteroatoms. The molecule has 2 aromatic rings.